The van der Waals surface area contributed by atoms with Gasteiger partial charge in [0, 0.05) is 18.2 Å². The van der Waals surface area contributed by atoms with E-state index in [0.29, 0.717) is 12.5 Å². The summed E-state index contributed by atoms with van der Waals surface area (Å²) in [4.78, 5) is 16.9. The van der Waals surface area contributed by atoms with E-state index >= 15 is 0 Å². The van der Waals surface area contributed by atoms with Crippen LogP contribution in [0.5, 0.6) is 0 Å². The number of amides is 1. The number of nitrogens with one attached hydrogen (secondary N) is 1. The monoisotopic (exact) mass is 289 g/mol. The molecule has 3 atom stereocenters. The highest BCUT2D eigenvalue weighted by Crippen LogP contribution is 2.44. The molecule has 3 N–H and O–H groups in total. The second kappa shape index (κ2) is 6.14. The molecule has 0 aromatic carbocycles. The van der Waals surface area contributed by atoms with Gasteiger partial charge in [-0.05, 0) is 42.7 Å². The average Bonchev–Trinajstić information content (AvgIpc) is 2.44. The van der Waals surface area contributed by atoms with Gasteiger partial charge in [-0.25, -0.2) is 0 Å². The molecule has 0 bridgehead atoms. The number of hydrogen-bond donors (Lipinski definition) is 2. The van der Waals surface area contributed by atoms with Crippen molar-refractivity contribution in [2.24, 2.45) is 23.0 Å². The Morgan fingerprint density at radius 1 is 1.48 bits per heavy atom. The largest absolute Gasteiger partial charge is 0.350 e. The minimum atomic E-state index is -0.0685. The first-order valence-electron chi connectivity index (χ1n) is 7.77. The molecular formula is C17H27N3O. The first kappa shape index (κ1) is 16.0. The van der Waals surface area contributed by atoms with E-state index in [9.17, 15) is 4.79 Å². The van der Waals surface area contributed by atoms with E-state index in [1.165, 1.54) is 0 Å². The van der Waals surface area contributed by atoms with Gasteiger partial charge in [0.2, 0.25) is 5.91 Å². The molecule has 1 aliphatic carbocycles. The molecule has 116 valence electrons. The van der Waals surface area contributed by atoms with Crippen LogP contribution in [0.2, 0.25) is 0 Å². The Morgan fingerprint density at radius 3 is 2.86 bits per heavy atom. The lowest BCUT2D eigenvalue weighted by atomic mass is 9.61. The van der Waals surface area contributed by atoms with E-state index < -0.39 is 0 Å². The van der Waals surface area contributed by atoms with Crippen molar-refractivity contribution in [3.05, 3.63) is 29.6 Å². The summed E-state index contributed by atoms with van der Waals surface area (Å²) in [6.07, 6.45) is 3.55. The molecular weight excluding hydrogens is 262 g/mol. The van der Waals surface area contributed by atoms with Crippen LogP contribution >= 0.6 is 0 Å². The molecule has 0 saturated heterocycles. The van der Waals surface area contributed by atoms with Gasteiger partial charge < -0.3 is 11.1 Å². The van der Waals surface area contributed by atoms with Crippen molar-refractivity contribution in [2.75, 3.05) is 0 Å². The van der Waals surface area contributed by atoms with Gasteiger partial charge in [0.25, 0.3) is 0 Å². The number of carbonyl (C=O) groups excluding carboxylic acids is 1. The van der Waals surface area contributed by atoms with Crippen LogP contribution < -0.4 is 11.1 Å². The fourth-order valence-corrected chi connectivity index (χ4v) is 3.32. The topological polar surface area (TPSA) is 68.0 Å². The van der Waals surface area contributed by atoms with Crippen molar-refractivity contribution in [1.82, 2.24) is 10.3 Å². The zero-order valence-corrected chi connectivity index (χ0v) is 13.5. The minimum absolute atomic E-state index is 0.0244. The number of aryl methyl sites for hydroxylation is 1. The van der Waals surface area contributed by atoms with Crippen LogP contribution in [0, 0.1) is 24.2 Å². The average molecular weight is 289 g/mol. The molecule has 1 heterocycles. The van der Waals surface area contributed by atoms with E-state index in [1.807, 2.05) is 19.1 Å². The summed E-state index contributed by atoms with van der Waals surface area (Å²) in [5, 5.41) is 3.06. The fraction of sp³-hybridized carbons (Fsp3) is 0.647. The summed E-state index contributed by atoms with van der Waals surface area (Å²) < 4.78 is 0. The Balaban J connectivity index is 2.02. The molecule has 4 nitrogen and oxygen atoms in total. The van der Waals surface area contributed by atoms with Crippen LogP contribution in [-0.4, -0.2) is 16.9 Å². The van der Waals surface area contributed by atoms with E-state index in [-0.39, 0.29) is 23.3 Å². The smallest absolute Gasteiger partial charge is 0.223 e. The number of pyridine rings is 1. The molecule has 0 spiro atoms. The molecule has 1 aromatic rings. The van der Waals surface area contributed by atoms with Crippen molar-refractivity contribution >= 4 is 5.91 Å². The number of aromatic nitrogens is 1. The summed E-state index contributed by atoms with van der Waals surface area (Å²) >= 11 is 0. The van der Waals surface area contributed by atoms with Crippen LogP contribution in [0.4, 0.5) is 0 Å². The summed E-state index contributed by atoms with van der Waals surface area (Å²) in [6.45, 7) is 8.99. The van der Waals surface area contributed by atoms with Crippen LogP contribution in [-0.2, 0) is 11.3 Å². The van der Waals surface area contributed by atoms with E-state index in [2.05, 4.69) is 31.1 Å². The van der Waals surface area contributed by atoms with Gasteiger partial charge in [0.15, 0.2) is 0 Å². The molecule has 1 aromatic heterocycles. The lowest BCUT2D eigenvalue weighted by Gasteiger charge is -2.46. The maximum absolute atomic E-state index is 12.6. The SMILES string of the molecule is Cc1cccnc1CNC(=O)C1CCC(N)C(C)C1(C)C. The maximum Gasteiger partial charge on any atom is 0.223 e. The zero-order chi connectivity index (χ0) is 15.6. The Labute approximate surface area is 127 Å². The second-order valence-corrected chi connectivity index (χ2v) is 6.89. The van der Waals surface area contributed by atoms with Gasteiger partial charge >= 0.3 is 0 Å². The molecule has 0 radical (unpaired) electrons. The number of carbonyl (C=O) groups is 1. The van der Waals surface area contributed by atoms with Crippen LogP contribution in [0.1, 0.15) is 44.9 Å². The van der Waals surface area contributed by atoms with Crippen LogP contribution in [0.3, 0.4) is 0 Å². The number of nitrogens with zero attached hydrogens (tertiary/aromatic N) is 1. The Bertz CT molecular complexity index is 513. The Hall–Kier alpha value is -1.42. The molecule has 21 heavy (non-hydrogen) atoms. The van der Waals surface area contributed by atoms with Crippen molar-refractivity contribution in [1.29, 1.82) is 0 Å². The quantitative estimate of drug-likeness (QED) is 0.898. The van der Waals surface area contributed by atoms with Gasteiger partial charge in [0.05, 0.1) is 12.2 Å². The van der Waals surface area contributed by atoms with Crippen molar-refractivity contribution in [2.45, 2.75) is 53.1 Å². The predicted octanol–water partition coefficient (Wildman–Crippen LogP) is 2.41. The first-order chi connectivity index (χ1) is 9.84. The predicted molar refractivity (Wildman–Crippen MR) is 84.5 cm³/mol. The van der Waals surface area contributed by atoms with Crippen LogP contribution in [0.25, 0.3) is 0 Å². The van der Waals surface area contributed by atoms with Gasteiger partial charge in [-0.2, -0.15) is 0 Å². The highest BCUT2D eigenvalue weighted by atomic mass is 16.1. The normalized spacial score (nSPS) is 28.1. The van der Waals surface area contributed by atoms with Crippen molar-refractivity contribution < 1.29 is 4.79 Å². The summed E-state index contributed by atoms with van der Waals surface area (Å²) in [5.74, 6) is 0.499. The van der Waals surface area contributed by atoms with E-state index in [4.69, 9.17) is 5.73 Å². The molecule has 2 rings (SSSR count). The molecule has 0 aliphatic heterocycles. The van der Waals surface area contributed by atoms with Gasteiger partial charge in [-0.1, -0.05) is 26.8 Å². The Kier molecular flexibility index (Phi) is 4.67. The lowest BCUT2D eigenvalue weighted by molar-refractivity contribution is -0.132. The summed E-state index contributed by atoms with van der Waals surface area (Å²) in [5.41, 5.74) is 8.13. The minimum Gasteiger partial charge on any atom is -0.350 e. The molecule has 1 saturated carbocycles. The third-order valence-electron chi connectivity index (χ3n) is 5.37. The second-order valence-electron chi connectivity index (χ2n) is 6.89. The van der Waals surface area contributed by atoms with E-state index in [0.717, 1.165) is 24.1 Å². The third kappa shape index (κ3) is 3.26. The zero-order valence-electron chi connectivity index (χ0n) is 13.5. The maximum atomic E-state index is 12.6. The Morgan fingerprint density at radius 2 is 2.19 bits per heavy atom. The number of hydrogen-bond acceptors (Lipinski definition) is 3. The van der Waals surface area contributed by atoms with Crippen LogP contribution in [0.15, 0.2) is 18.3 Å². The fourth-order valence-electron chi connectivity index (χ4n) is 3.32. The van der Waals surface area contributed by atoms with Crippen molar-refractivity contribution in [3.8, 4) is 0 Å². The van der Waals surface area contributed by atoms with E-state index in [1.54, 1.807) is 6.20 Å². The summed E-state index contributed by atoms with van der Waals surface area (Å²) in [7, 11) is 0. The highest BCUT2D eigenvalue weighted by molar-refractivity contribution is 5.79. The van der Waals surface area contributed by atoms with Gasteiger partial charge in [0.1, 0.15) is 0 Å². The standard InChI is InChI=1S/C17H27N3O/c1-11-6-5-9-19-15(11)10-20-16(21)13-7-8-14(18)12(2)17(13,3)4/h5-6,9,12-14H,7-8,10,18H2,1-4H3,(H,20,21). The van der Waals surface area contributed by atoms with Crippen molar-refractivity contribution in [3.63, 3.8) is 0 Å². The number of nitrogens with two attached hydrogens (primary N) is 1. The molecule has 4 heteroatoms. The molecule has 1 fully saturated rings. The molecule has 3 unspecified atom stereocenters. The number of rotatable bonds is 3. The van der Waals surface area contributed by atoms with Gasteiger partial charge in [-0.15, -0.1) is 0 Å². The van der Waals surface area contributed by atoms with Gasteiger partial charge in [-0.3, -0.25) is 9.78 Å². The lowest BCUT2D eigenvalue weighted by Crippen LogP contribution is -2.51. The third-order valence-corrected chi connectivity index (χ3v) is 5.37. The molecule has 1 aliphatic rings. The molecule has 1 amide bonds. The summed E-state index contributed by atoms with van der Waals surface area (Å²) in [6, 6.07) is 4.12. The highest BCUT2D eigenvalue weighted by Gasteiger charge is 2.44. The first-order valence-corrected chi connectivity index (χ1v) is 7.77.